The number of aryl methyl sites for hydroxylation is 1. The average molecular weight is 302 g/mol. The third-order valence-corrected chi connectivity index (χ3v) is 3.49. The fourth-order valence-electron chi connectivity index (χ4n) is 1.53. The molecular formula is C11H18N4O4S. The molecule has 0 aliphatic rings. The number of hydrazine groups is 1. The molecule has 1 aromatic heterocycles. The minimum Gasteiger partial charge on any atom is -0.480 e. The van der Waals surface area contributed by atoms with Gasteiger partial charge in [-0.3, -0.25) is 4.79 Å². The molecule has 0 aliphatic heterocycles. The van der Waals surface area contributed by atoms with Crippen molar-refractivity contribution in [2.75, 3.05) is 12.0 Å². The largest absolute Gasteiger partial charge is 0.480 e. The summed E-state index contributed by atoms with van der Waals surface area (Å²) >= 11 is 0. The molecular weight excluding hydrogens is 284 g/mol. The number of anilines is 1. The highest BCUT2D eigenvalue weighted by atomic mass is 32.2. The van der Waals surface area contributed by atoms with Crippen molar-refractivity contribution in [2.45, 2.75) is 26.4 Å². The van der Waals surface area contributed by atoms with E-state index >= 15 is 0 Å². The van der Waals surface area contributed by atoms with Gasteiger partial charge in [-0.25, -0.2) is 18.8 Å². The Morgan fingerprint density at radius 1 is 1.55 bits per heavy atom. The summed E-state index contributed by atoms with van der Waals surface area (Å²) in [5.41, 5.74) is 9.28. The number of nitrogen functional groups attached to an aromatic ring is 1. The number of carbonyl (C=O) groups is 1. The van der Waals surface area contributed by atoms with Crippen molar-refractivity contribution in [3.63, 3.8) is 0 Å². The molecule has 0 bridgehead atoms. The summed E-state index contributed by atoms with van der Waals surface area (Å²) < 4.78 is 24.2. The van der Waals surface area contributed by atoms with Crippen LogP contribution in [0.1, 0.15) is 18.2 Å². The Balaban J connectivity index is 2.98. The maximum absolute atomic E-state index is 11.7. The summed E-state index contributed by atoms with van der Waals surface area (Å²) in [5.74, 6) is -0.880. The van der Waals surface area contributed by atoms with Crippen molar-refractivity contribution in [3.8, 4) is 0 Å². The highest BCUT2D eigenvalue weighted by Gasteiger charge is 2.23. The number of nitrogens with zero attached hydrogens (tertiary/aromatic N) is 2. The van der Waals surface area contributed by atoms with Gasteiger partial charge in [0.05, 0.1) is 18.5 Å². The second kappa shape index (κ2) is 6.16. The van der Waals surface area contributed by atoms with Crippen LogP contribution in [0.2, 0.25) is 0 Å². The van der Waals surface area contributed by atoms with Crippen LogP contribution in [0.25, 0.3) is 0 Å². The van der Waals surface area contributed by atoms with Gasteiger partial charge in [-0.2, -0.15) is 0 Å². The number of pyridine rings is 1. The lowest BCUT2D eigenvalue weighted by atomic mass is 10.2. The summed E-state index contributed by atoms with van der Waals surface area (Å²) in [6.07, 6.45) is 0.980. The van der Waals surface area contributed by atoms with Gasteiger partial charge in [0.1, 0.15) is 11.9 Å². The highest BCUT2D eigenvalue weighted by molar-refractivity contribution is 7.88. The second-order valence-corrected chi connectivity index (χ2v) is 6.43. The number of carboxylic acids is 1. The SMILES string of the molecule is Cc1cc(N)nc(CN(N[C@@H](C)C(=O)O)S(C)(=O)=O)c1. The molecule has 0 aromatic carbocycles. The molecule has 4 N–H and O–H groups in total. The smallest absolute Gasteiger partial charge is 0.321 e. The van der Waals surface area contributed by atoms with E-state index in [1.54, 1.807) is 19.1 Å². The van der Waals surface area contributed by atoms with E-state index in [1.807, 2.05) is 0 Å². The van der Waals surface area contributed by atoms with Gasteiger partial charge in [0.2, 0.25) is 10.0 Å². The third kappa shape index (κ3) is 4.76. The molecule has 0 spiro atoms. The van der Waals surface area contributed by atoms with Crippen molar-refractivity contribution in [1.29, 1.82) is 0 Å². The summed E-state index contributed by atoms with van der Waals surface area (Å²) in [5, 5.41) is 8.83. The van der Waals surface area contributed by atoms with Gasteiger partial charge in [0, 0.05) is 0 Å². The molecule has 20 heavy (non-hydrogen) atoms. The molecule has 8 nitrogen and oxygen atoms in total. The highest BCUT2D eigenvalue weighted by Crippen LogP contribution is 2.10. The van der Waals surface area contributed by atoms with Crippen LogP contribution in [0, 0.1) is 6.92 Å². The Morgan fingerprint density at radius 3 is 2.60 bits per heavy atom. The molecule has 9 heteroatoms. The monoisotopic (exact) mass is 302 g/mol. The number of carboxylic acid groups (broad SMARTS) is 1. The predicted molar refractivity (Wildman–Crippen MR) is 74.0 cm³/mol. The minimum atomic E-state index is -3.64. The van der Waals surface area contributed by atoms with Crippen LogP contribution in [-0.2, 0) is 21.4 Å². The van der Waals surface area contributed by atoms with Gasteiger partial charge >= 0.3 is 5.97 Å². The molecule has 0 radical (unpaired) electrons. The zero-order valence-electron chi connectivity index (χ0n) is 11.5. The topological polar surface area (TPSA) is 126 Å². The Bertz CT molecular complexity index is 582. The van der Waals surface area contributed by atoms with Crippen molar-refractivity contribution >= 4 is 21.8 Å². The Hall–Kier alpha value is -1.71. The summed E-state index contributed by atoms with van der Waals surface area (Å²) in [7, 11) is -3.64. The normalized spacial score (nSPS) is 13.4. The number of nitrogens with one attached hydrogen (secondary N) is 1. The van der Waals surface area contributed by atoms with E-state index in [4.69, 9.17) is 10.8 Å². The number of aliphatic carboxylic acids is 1. The van der Waals surface area contributed by atoms with Gasteiger partial charge in [0.25, 0.3) is 0 Å². The van der Waals surface area contributed by atoms with Crippen molar-refractivity contribution < 1.29 is 18.3 Å². The van der Waals surface area contributed by atoms with Crippen molar-refractivity contribution in [2.24, 2.45) is 0 Å². The number of nitrogens with two attached hydrogens (primary N) is 1. The lowest BCUT2D eigenvalue weighted by Crippen LogP contribution is -2.49. The first kappa shape index (κ1) is 16.3. The van der Waals surface area contributed by atoms with Crippen LogP contribution in [0.4, 0.5) is 5.82 Å². The molecule has 1 atom stereocenters. The van der Waals surface area contributed by atoms with E-state index in [9.17, 15) is 13.2 Å². The van der Waals surface area contributed by atoms with Crippen LogP contribution in [0.3, 0.4) is 0 Å². The lowest BCUT2D eigenvalue weighted by Gasteiger charge is -2.23. The minimum absolute atomic E-state index is 0.109. The Morgan fingerprint density at radius 2 is 2.15 bits per heavy atom. The lowest BCUT2D eigenvalue weighted by molar-refractivity contribution is -0.139. The van der Waals surface area contributed by atoms with Gasteiger partial charge in [0.15, 0.2) is 0 Å². The first-order chi connectivity index (χ1) is 9.09. The van der Waals surface area contributed by atoms with E-state index < -0.39 is 22.0 Å². The van der Waals surface area contributed by atoms with E-state index in [2.05, 4.69) is 10.4 Å². The Kier molecular flexibility index (Phi) is 5.03. The van der Waals surface area contributed by atoms with Crippen LogP contribution in [0.15, 0.2) is 12.1 Å². The number of hydrogen-bond acceptors (Lipinski definition) is 6. The van der Waals surface area contributed by atoms with E-state index in [0.29, 0.717) is 5.69 Å². The summed E-state index contributed by atoms with van der Waals surface area (Å²) in [6.45, 7) is 3.04. The van der Waals surface area contributed by atoms with E-state index in [0.717, 1.165) is 16.2 Å². The predicted octanol–water partition coefficient (Wildman–Crippen LogP) is -0.288. The van der Waals surface area contributed by atoms with Gasteiger partial charge in [-0.15, -0.1) is 4.41 Å². The van der Waals surface area contributed by atoms with Crippen molar-refractivity contribution in [3.05, 3.63) is 23.4 Å². The summed E-state index contributed by atoms with van der Waals surface area (Å²) in [4.78, 5) is 14.8. The van der Waals surface area contributed by atoms with E-state index in [1.165, 1.54) is 6.92 Å². The molecule has 1 heterocycles. The van der Waals surface area contributed by atoms with Crippen LogP contribution < -0.4 is 11.2 Å². The first-order valence-corrected chi connectivity index (χ1v) is 7.64. The van der Waals surface area contributed by atoms with E-state index in [-0.39, 0.29) is 12.4 Å². The fourth-order valence-corrected chi connectivity index (χ4v) is 2.24. The zero-order valence-corrected chi connectivity index (χ0v) is 12.3. The molecule has 1 rings (SSSR count). The van der Waals surface area contributed by atoms with Gasteiger partial charge < -0.3 is 10.8 Å². The maximum atomic E-state index is 11.7. The molecule has 1 aromatic rings. The zero-order chi connectivity index (χ0) is 15.5. The average Bonchev–Trinajstić information content (AvgIpc) is 2.25. The third-order valence-electron chi connectivity index (χ3n) is 2.46. The number of sulfonamides is 1. The van der Waals surface area contributed by atoms with Crippen LogP contribution in [-0.4, -0.2) is 41.2 Å². The first-order valence-electron chi connectivity index (χ1n) is 5.79. The maximum Gasteiger partial charge on any atom is 0.321 e. The van der Waals surface area contributed by atoms with Gasteiger partial charge in [-0.05, 0) is 31.5 Å². The molecule has 0 saturated heterocycles. The molecule has 0 fully saturated rings. The standard InChI is InChI=1S/C11H18N4O4S/c1-7-4-9(13-10(12)5-7)6-15(20(3,18)19)14-8(2)11(16)17/h4-5,8,14H,6H2,1-3H3,(H2,12,13)(H,16,17)/t8-/m0/s1. The Labute approximate surface area is 117 Å². The van der Waals surface area contributed by atoms with Gasteiger partial charge in [-0.1, -0.05) is 0 Å². The van der Waals surface area contributed by atoms with Crippen LogP contribution in [0.5, 0.6) is 0 Å². The summed E-state index contributed by atoms with van der Waals surface area (Å²) in [6, 6.07) is 2.29. The fraction of sp³-hybridized carbons (Fsp3) is 0.455. The molecule has 0 saturated carbocycles. The van der Waals surface area contributed by atoms with Crippen LogP contribution >= 0.6 is 0 Å². The molecule has 0 amide bonds. The number of aromatic nitrogens is 1. The molecule has 0 aliphatic carbocycles. The quantitative estimate of drug-likeness (QED) is 0.616. The number of rotatable bonds is 6. The number of hydrogen-bond donors (Lipinski definition) is 3. The molecule has 0 unspecified atom stereocenters. The second-order valence-electron chi connectivity index (χ2n) is 4.52. The molecule has 112 valence electrons. The van der Waals surface area contributed by atoms with Crippen molar-refractivity contribution in [1.82, 2.24) is 14.8 Å².